The standard InChI is InChI=1S/C25H28F3N5O3.C2H6/c1-2-19(21(10-6-11-26)36-15-7-14-33-12-3-4-13-33)30-25(35)23-20(16-29-32-23)31-24(34)22-17(27)8-5-9-18(22)28;1-2/h2,5-6,8-10,16H,1,3-4,7,11-15H2,(H,29,32)(H,30,35)(H,31,34);1-2H3/b10-6-,21-19-;. The third-order valence-corrected chi connectivity index (χ3v) is 5.46. The number of aromatic nitrogens is 2. The zero-order chi connectivity index (χ0) is 27.9. The quantitative estimate of drug-likeness (QED) is 0.200. The van der Waals surface area contributed by atoms with Crippen molar-refractivity contribution >= 4 is 17.5 Å². The summed E-state index contributed by atoms with van der Waals surface area (Å²) in [7, 11) is 0. The van der Waals surface area contributed by atoms with Crippen LogP contribution in [0.5, 0.6) is 0 Å². The lowest BCUT2D eigenvalue weighted by Crippen LogP contribution is -2.26. The number of carbonyl (C=O) groups is 2. The number of anilines is 1. The Balaban J connectivity index is 0.00000247. The number of ether oxygens (including phenoxy) is 1. The van der Waals surface area contributed by atoms with Crippen LogP contribution in [0.25, 0.3) is 0 Å². The highest BCUT2D eigenvalue weighted by atomic mass is 19.1. The number of amides is 2. The molecule has 1 aromatic carbocycles. The van der Waals surface area contributed by atoms with Gasteiger partial charge in [-0.2, -0.15) is 5.10 Å². The lowest BCUT2D eigenvalue weighted by molar-refractivity contribution is 0.0959. The molecule has 1 fully saturated rings. The van der Waals surface area contributed by atoms with E-state index in [-0.39, 0.29) is 22.8 Å². The minimum atomic E-state index is -1.09. The van der Waals surface area contributed by atoms with Crippen molar-refractivity contribution in [1.82, 2.24) is 20.4 Å². The van der Waals surface area contributed by atoms with E-state index in [0.29, 0.717) is 6.61 Å². The number of rotatable bonds is 12. The van der Waals surface area contributed by atoms with E-state index < -0.39 is 35.7 Å². The van der Waals surface area contributed by atoms with Crippen LogP contribution in [-0.2, 0) is 4.74 Å². The molecule has 11 heteroatoms. The van der Waals surface area contributed by atoms with Gasteiger partial charge in [0.25, 0.3) is 11.8 Å². The summed E-state index contributed by atoms with van der Waals surface area (Å²) in [5, 5.41) is 11.0. The molecule has 1 saturated heterocycles. The molecule has 38 heavy (non-hydrogen) atoms. The second-order valence-corrected chi connectivity index (χ2v) is 7.95. The summed E-state index contributed by atoms with van der Waals surface area (Å²) in [6, 6.07) is 3.02. The highest BCUT2D eigenvalue weighted by molar-refractivity contribution is 6.08. The largest absolute Gasteiger partial charge is 0.491 e. The van der Waals surface area contributed by atoms with Crippen molar-refractivity contribution in [1.29, 1.82) is 0 Å². The highest BCUT2D eigenvalue weighted by Gasteiger charge is 2.22. The Morgan fingerprint density at radius 2 is 1.87 bits per heavy atom. The van der Waals surface area contributed by atoms with E-state index in [1.807, 2.05) is 13.8 Å². The van der Waals surface area contributed by atoms with Gasteiger partial charge in [0.1, 0.15) is 35.3 Å². The molecule has 206 valence electrons. The summed E-state index contributed by atoms with van der Waals surface area (Å²) in [5.74, 6) is -3.72. The normalized spacial score (nSPS) is 13.9. The monoisotopic (exact) mass is 533 g/mol. The number of halogens is 3. The molecular weight excluding hydrogens is 499 g/mol. The molecule has 0 radical (unpaired) electrons. The highest BCUT2D eigenvalue weighted by Crippen LogP contribution is 2.18. The molecule has 2 amide bonds. The first-order valence-corrected chi connectivity index (χ1v) is 12.5. The van der Waals surface area contributed by atoms with Crippen molar-refractivity contribution in [3.63, 3.8) is 0 Å². The Hall–Kier alpha value is -3.86. The van der Waals surface area contributed by atoms with Crippen LogP contribution >= 0.6 is 0 Å². The first-order valence-electron chi connectivity index (χ1n) is 12.5. The van der Waals surface area contributed by atoms with Crippen molar-refractivity contribution in [2.45, 2.75) is 33.1 Å². The predicted octanol–water partition coefficient (Wildman–Crippen LogP) is 5.12. The molecule has 8 nitrogen and oxygen atoms in total. The summed E-state index contributed by atoms with van der Waals surface area (Å²) in [6.07, 6.45) is 8.20. The molecule has 1 aliphatic rings. The van der Waals surface area contributed by atoms with Crippen LogP contribution in [0.1, 0.15) is 54.0 Å². The Kier molecular flexibility index (Phi) is 12.8. The minimum Gasteiger partial charge on any atom is -0.491 e. The maximum Gasteiger partial charge on any atom is 0.275 e. The number of nitrogens with zero attached hydrogens (tertiary/aromatic N) is 2. The van der Waals surface area contributed by atoms with Gasteiger partial charge in [0.2, 0.25) is 0 Å². The number of H-pyrrole nitrogens is 1. The zero-order valence-electron chi connectivity index (χ0n) is 21.7. The molecule has 1 aliphatic heterocycles. The van der Waals surface area contributed by atoms with Crippen molar-refractivity contribution in [3.8, 4) is 0 Å². The molecule has 2 heterocycles. The number of benzene rings is 1. The second-order valence-electron chi connectivity index (χ2n) is 7.95. The fourth-order valence-corrected chi connectivity index (χ4v) is 3.70. The van der Waals surface area contributed by atoms with E-state index in [9.17, 15) is 22.8 Å². The van der Waals surface area contributed by atoms with Crippen molar-refractivity contribution < 1.29 is 27.5 Å². The average molecular weight is 534 g/mol. The lowest BCUT2D eigenvalue weighted by Gasteiger charge is -2.16. The van der Waals surface area contributed by atoms with Crippen LogP contribution in [-0.4, -0.2) is 59.8 Å². The third kappa shape index (κ3) is 8.62. The summed E-state index contributed by atoms with van der Waals surface area (Å²) in [4.78, 5) is 27.7. The number of hydrogen-bond donors (Lipinski definition) is 3. The summed E-state index contributed by atoms with van der Waals surface area (Å²) in [5.41, 5.74) is -0.908. The number of alkyl halides is 1. The second kappa shape index (κ2) is 16.1. The van der Waals surface area contributed by atoms with Gasteiger partial charge in [0, 0.05) is 6.54 Å². The molecule has 0 saturated carbocycles. The molecule has 0 unspecified atom stereocenters. The van der Waals surface area contributed by atoms with Gasteiger partial charge in [0.15, 0.2) is 0 Å². The Morgan fingerprint density at radius 3 is 2.50 bits per heavy atom. The molecule has 2 aromatic rings. The van der Waals surface area contributed by atoms with E-state index in [2.05, 4.69) is 32.3 Å². The van der Waals surface area contributed by atoms with Gasteiger partial charge in [-0.3, -0.25) is 14.7 Å². The molecule has 0 aliphatic carbocycles. The summed E-state index contributed by atoms with van der Waals surface area (Å²) >= 11 is 0. The molecule has 0 atom stereocenters. The van der Waals surface area contributed by atoms with Crippen LogP contribution in [0.3, 0.4) is 0 Å². The molecular formula is C27H34F3N5O3. The van der Waals surface area contributed by atoms with Gasteiger partial charge in [-0.05, 0) is 56.6 Å². The van der Waals surface area contributed by atoms with Gasteiger partial charge < -0.3 is 20.3 Å². The summed E-state index contributed by atoms with van der Waals surface area (Å²) < 4.78 is 46.5. The van der Waals surface area contributed by atoms with Gasteiger partial charge in [-0.1, -0.05) is 32.6 Å². The third-order valence-electron chi connectivity index (χ3n) is 5.46. The van der Waals surface area contributed by atoms with Gasteiger partial charge in [-0.15, -0.1) is 0 Å². The minimum absolute atomic E-state index is 0.101. The SMILES string of the molecule is C=C/C(NC(=O)c1[nH]ncc1NC(=O)c1c(F)cccc1F)=C(\C=C/CF)OCCCN1CCCC1.CC. The van der Waals surface area contributed by atoms with Crippen LogP contribution < -0.4 is 10.6 Å². The van der Waals surface area contributed by atoms with Crippen molar-refractivity contribution in [2.24, 2.45) is 0 Å². The zero-order valence-corrected chi connectivity index (χ0v) is 21.7. The maximum absolute atomic E-state index is 13.9. The number of aromatic amines is 1. The fraction of sp³-hybridized carbons (Fsp3) is 0.370. The lowest BCUT2D eigenvalue weighted by atomic mass is 10.2. The first-order chi connectivity index (χ1) is 18.4. The smallest absolute Gasteiger partial charge is 0.275 e. The van der Waals surface area contributed by atoms with Crippen molar-refractivity contribution in [2.75, 3.05) is 38.2 Å². The topological polar surface area (TPSA) is 99.3 Å². The maximum atomic E-state index is 13.9. The Labute approximate surface area is 220 Å². The molecule has 0 bridgehead atoms. The predicted molar refractivity (Wildman–Crippen MR) is 140 cm³/mol. The van der Waals surface area contributed by atoms with Gasteiger partial charge in [0.05, 0.1) is 24.2 Å². The van der Waals surface area contributed by atoms with E-state index in [1.165, 1.54) is 31.1 Å². The first kappa shape index (κ1) is 30.4. The van der Waals surface area contributed by atoms with Crippen LogP contribution in [0.2, 0.25) is 0 Å². The van der Waals surface area contributed by atoms with E-state index >= 15 is 0 Å². The molecule has 0 spiro atoms. The Bertz CT molecular complexity index is 1120. The summed E-state index contributed by atoms with van der Waals surface area (Å²) in [6.45, 7) is 10.3. The van der Waals surface area contributed by atoms with Gasteiger partial charge in [-0.25, -0.2) is 13.2 Å². The number of hydrogen-bond acceptors (Lipinski definition) is 5. The fourth-order valence-electron chi connectivity index (χ4n) is 3.70. The molecule has 3 N–H and O–H groups in total. The molecule has 1 aromatic heterocycles. The van der Waals surface area contributed by atoms with E-state index in [1.54, 1.807) is 0 Å². The molecule has 3 rings (SSSR count). The van der Waals surface area contributed by atoms with Crippen LogP contribution in [0.15, 0.2) is 60.7 Å². The van der Waals surface area contributed by atoms with Gasteiger partial charge >= 0.3 is 0 Å². The number of likely N-dealkylation sites (tertiary alicyclic amines) is 1. The number of nitrogens with one attached hydrogen (secondary N) is 3. The van der Waals surface area contributed by atoms with E-state index in [4.69, 9.17) is 4.74 Å². The van der Waals surface area contributed by atoms with Crippen LogP contribution in [0.4, 0.5) is 18.9 Å². The van der Waals surface area contributed by atoms with E-state index in [0.717, 1.165) is 50.5 Å². The number of carbonyl (C=O) groups excluding carboxylic acids is 2. The Morgan fingerprint density at radius 1 is 1.18 bits per heavy atom. The van der Waals surface area contributed by atoms with Crippen LogP contribution in [0, 0.1) is 11.6 Å². The van der Waals surface area contributed by atoms with Crippen molar-refractivity contribution in [3.05, 3.63) is 83.6 Å². The number of allylic oxidation sites excluding steroid dienone is 3. The average Bonchev–Trinajstić information content (AvgIpc) is 3.60.